The molecule has 4 N–H and O–H groups in total. The maximum absolute atomic E-state index is 13.6. The highest BCUT2D eigenvalue weighted by molar-refractivity contribution is 5.98. The van der Waals surface area contributed by atoms with Gasteiger partial charge in [0, 0.05) is 25.7 Å². The van der Waals surface area contributed by atoms with Crippen LogP contribution >= 0.6 is 0 Å². The monoisotopic (exact) mass is 731 g/mol. The molecule has 0 aromatic heterocycles. The van der Waals surface area contributed by atoms with Crippen LogP contribution in [0.15, 0.2) is 30.3 Å². The van der Waals surface area contributed by atoms with Crippen LogP contribution in [0.3, 0.4) is 0 Å². The van der Waals surface area contributed by atoms with Crippen molar-refractivity contribution in [2.24, 2.45) is 11.7 Å². The summed E-state index contributed by atoms with van der Waals surface area (Å²) in [6.45, 7) is 11.0. The number of likely N-dealkylation sites (tertiary alicyclic amines) is 2. The molecule has 0 saturated carbocycles. The zero-order valence-corrected chi connectivity index (χ0v) is 31.2. The number of benzene rings is 1. The van der Waals surface area contributed by atoms with E-state index in [2.05, 4.69) is 5.32 Å². The van der Waals surface area contributed by atoms with Crippen molar-refractivity contribution >= 4 is 41.5 Å². The van der Waals surface area contributed by atoms with Crippen LogP contribution in [0.25, 0.3) is 0 Å². The lowest BCUT2D eigenvalue weighted by atomic mass is 10.1. The average Bonchev–Trinajstić information content (AvgIpc) is 3.72. The maximum Gasteiger partial charge on any atom is 0.410 e. The molecule has 0 radical (unpaired) electrons. The van der Waals surface area contributed by atoms with Gasteiger partial charge in [-0.25, -0.2) is 9.59 Å². The molecule has 0 unspecified atom stereocenters. The van der Waals surface area contributed by atoms with Gasteiger partial charge in [-0.05, 0) is 66.7 Å². The van der Waals surface area contributed by atoms with Crippen LogP contribution in [-0.2, 0) is 38.2 Å². The zero-order chi connectivity index (χ0) is 39.1. The summed E-state index contributed by atoms with van der Waals surface area (Å²) >= 11 is 0. The van der Waals surface area contributed by atoms with E-state index in [1.807, 2.05) is 6.92 Å². The van der Waals surface area contributed by atoms with Gasteiger partial charge in [-0.2, -0.15) is 0 Å². The molecule has 0 bridgehead atoms. The Morgan fingerprint density at radius 1 is 1.02 bits per heavy atom. The molecule has 0 aliphatic carbocycles. The number of aliphatic hydroxyl groups is 1. The fourth-order valence-corrected chi connectivity index (χ4v) is 6.24. The van der Waals surface area contributed by atoms with E-state index in [4.69, 9.17) is 19.9 Å². The topological polar surface area (TPSA) is 215 Å². The SMILES string of the molecule is C[C@@H]1C[C@@H](C(=O)O[C@@H](C)[C@H](N)C(=O)OCC(=O)c2ccccc2)N(C(=O)[C@H](C)NC(=O)[C@H]([C@H](C)O)N(C)C(=O)[C@@H]2CCCN2C(=O)OC(C)(C)C)C1. The van der Waals surface area contributed by atoms with Crippen molar-refractivity contribution in [1.29, 1.82) is 0 Å². The Morgan fingerprint density at radius 2 is 1.65 bits per heavy atom. The number of nitrogens with two attached hydrogens (primary N) is 1. The first-order chi connectivity index (χ1) is 24.2. The Balaban J connectivity index is 1.61. The van der Waals surface area contributed by atoms with Crippen LogP contribution in [0, 0.1) is 5.92 Å². The van der Waals surface area contributed by atoms with Gasteiger partial charge >= 0.3 is 18.0 Å². The molecule has 16 nitrogen and oxygen atoms in total. The van der Waals surface area contributed by atoms with Crippen molar-refractivity contribution in [3.8, 4) is 0 Å². The lowest BCUT2D eigenvalue weighted by Crippen LogP contribution is -2.60. The summed E-state index contributed by atoms with van der Waals surface area (Å²) in [4.78, 5) is 95.3. The van der Waals surface area contributed by atoms with Crippen LogP contribution in [0.4, 0.5) is 4.79 Å². The lowest BCUT2D eigenvalue weighted by molar-refractivity contribution is -0.162. The number of amides is 4. The van der Waals surface area contributed by atoms with Crippen molar-refractivity contribution in [2.45, 2.75) is 116 Å². The molecule has 288 valence electrons. The normalized spacial score (nSPS) is 21.6. The first-order valence-electron chi connectivity index (χ1n) is 17.5. The third-order valence-electron chi connectivity index (χ3n) is 8.97. The summed E-state index contributed by atoms with van der Waals surface area (Å²) in [6, 6.07) is 2.28. The number of esters is 2. The van der Waals surface area contributed by atoms with Gasteiger partial charge in [0.2, 0.25) is 17.7 Å². The molecule has 4 amide bonds. The van der Waals surface area contributed by atoms with Crippen LogP contribution < -0.4 is 11.1 Å². The maximum atomic E-state index is 13.6. The van der Waals surface area contributed by atoms with Gasteiger partial charge in [0.1, 0.15) is 41.9 Å². The largest absolute Gasteiger partial charge is 0.459 e. The van der Waals surface area contributed by atoms with Gasteiger partial charge in [-0.1, -0.05) is 37.3 Å². The van der Waals surface area contributed by atoms with Crippen molar-refractivity contribution in [3.05, 3.63) is 35.9 Å². The summed E-state index contributed by atoms with van der Waals surface area (Å²) in [5.74, 6) is -4.31. The van der Waals surface area contributed by atoms with E-state index in [0.717, 1.165) is 4.90 Å². The van der Waals surface area contributed by atoms with E-state index in [-0.39, 0.29) is 18.9 Å². The Labute approximate surface area is 304 Å². The fraction of sp³-hybridized carbons (Fsp3) is 0.639. The van der Waals surface area contributed by atoms with Crippen LogP contribution in [-0.4, -0.2) is 136 Å². The van der Waals surface area contributed by atoms with E-state index in [1.165, 1.54) is 37.6 Å². The first kappa shape index (κ1) is 41.8. The average molecular weight is 732 g/mol. The minimum absolute atomic E-state index is 0.115. The number of hydrogen-bond donors (Lipinski definition) is 3. The number of aliphatic hydroxyl groups excluding tert-OH is 1. The smallest absolute Gasteiger partial charge is 0.410 e. The van der Waals surface area contributed by atoms with E-state index in [1.54, 1.807) is 51.1 Å². The Kier molecular flexibility index (Phi) is 14.3. The zero-order valence-electron chi connectivity index (χ0n) is 31.2. The summed E-state index contributed by atoms with van der Waals surface area (Å²) in [6.07, 6.45) is -2.04. The van der Waals surface area contributed by atoms with Crippen molar-refractivity contribution < 1.29 is 52.9 Å². The number of carbonyl (C=O) groups excluding carboxylic acids is 7. The fourth-order valence-electron chi connectivity index (χ4n) is 6.24. The highest BCUT2D eigenvalue weighted by Crippen LogP contribution is 2.26. The first-order valence-corrected chi connectivity index (χ1v) is 17.5. The summed E-state index contributed by atoms with van der Waals surface area (Å²) in [5.41, 5.74) is 5.55. The molecule has 3 rings (SSSR count). The number of nitrogens with one attached hydrogen (secondary N) is 1. The van der Waals surface area contributed by atoms with Gasteiger partial charge in [0.15, 0.2) is 12.4 Å². The molecular weight excluding hydrogens is 678 g/mol. The van der Waals surface area contributed by atoms with Crippen molar-refractivity contribution in [1.82, 2.24) is 20.0 Å². The summed E-state index contributed by atoms with van der Waals surface area (Å²) in [5, 5.41) is 13.2. The standard InChI is InChI=1S/C36H53N5O11/c1-20-17-26(33(47)51-23(4)28(37)34(48)50-19-27(43)24-13-10-9-11-14-24)41(18-20)31(45)21(2)38-30(44)29(22(3)42)39(8)32(46)25-15-12-16-40(25)35(49)52-36(5,6)7/h9-11,13-14,20-23,25-26,28-29,42H,12,15-19,37H2,1-8H3,(H,38,44)/t20-,21+,22+,23+,25+,26+,28+,29+/m1/s1. The van der Waals surface area contributed by atoms with E-state index in [0.29, 0.717) is 24.9 Å². The van der Waals surface area contributed by atoms with Crippen LogP contribution in [0.1, 0.15) is 78.1 Å². The number of likely N-dealkylation sites (N-methyl/N-ethyl adjacent to an activating group) is 1. The van der Waals surface area contributed by atoms with Crippen molar-refractivity contribution in [2.75, 3.05) is 26.7 Å². The highest BCUT2D eigenvalue weighted by atomic mass is 16.6. The molecule has 2 fully saturated rings. The van der Waals surface area contributed by atoms with Crippen LogP contribution in [0.2, 0.25) is 0 Å². The second kappa shape index (κ2) is 17.8. The number of nitrogens with zero attached hydrogens (tertiary/aromatic N) is 3. The molecule has 2 saturated heterocycles. The quantitative estimate of drug-likeness (QED) is 0.147. The Morgan fingerprint density at radius 3 is 2.25 bits per heavy atom. The molecule has 0 spiro atoms. The predicted molar refractivity (Wildman–Crippen MR) is 186 cm³/mol. The molecule has 2 aliphatic rings. The molecule has 52 heavy (non-hydrogen) atoms. The molecule has 1 aromatic rings. The highest BCUT2D eigenvalue weighted by Gasteiger charge is 2.44. The summed E-state index contributed by atoms with van der Waals surface area (Å²) in [7, 11) is 1.34. The predicted octanol–water partition coefficient (Wildman–Crippen LogP) is 1.02. The molecule has 2 heterocycles. The van der Waals surface area contributed by atoms with Crippen molar-refractivity contribution in [3.63, 3.8) is 0 Å². The third kappa shape index (κ3) is 10.7. The summed E-state index contributed by atoms with van der Waals surface area (Å²) < 4.78 is 16.0. The Bertz CT molecular complexity index is 1480. The number of carbonyl (C=O) groups is 7. The number of Topliss-reactive ketones (excluding diaryl/α,β-unsaturated/α-hetero) is 1. The van der Waals surface area contributed by atoms with Gasteiger partial charge in [0.05, 0.1) is 6.10 Å². The molecule has 1 aromatic carbocycles. The number of rotatable bonds is 13. The number of ether oxygens (including phenoxy) is 3. The number of ketones is 1. The Hall–Kier alpha value is -4.57. The lowest BCUT2D eigenvalue weighted by Gasteiger charge is -2.35. The minimum Gasteiger partial charge on any atom is -0.459 e. The second-order valence-electron chi connectivity index (χ2n) is 14.6. The minimum atomic E-state index is -1.41. The molecular formula is C36H53N5O11. The van der Waals surface area contributed by atoms with Gasteiger partial charge in [-0.15, -0.1) is 0 Å². The van der Waals surface area contributed by atoms with E-state index < -0.39 is 96.2 Å². The molecule has 2 aliphatic heterocycles. The number of hydrogen-bond acceptors (Lipinski definition) is 12. The third-order valence-corrected chi connectivity index (χ3v) is 8.97. The molecule has 16 heteroatoms. The second-order valence-corrected chi connectivity index (χ2v) is 14.6. The van der Waals surface area contributed by atoms with Gasteiger partial charge in [0.25, 0.3) is 0 Å². The van der Waals surface area contributed by atoms with Gasteiger partial charge in [-0.3, -0.25) is 28.9 Å². The van der Waals surface area contributed by atoms with E-state index in [9.17, 15) is 38.7 Å². The van der Waals surface area contributed by atoms with Gasteiger partial charge < -0.3 is 40.2 Å². The van der Waals surface area contributed by atoms with E-state index >= 15 is 0 Å². The molecule has 8 atom stereocenters. The van der Waals surface area contributed by atoms with Crippen LogP contribution in [0.5, 0.6) is 0 Å².